The van der Waals surface area contributed by atoms with Crippen LogP contribution in [0.3, 0.4) is 0 Å². The molecule has 0 aromatic heterocycles. The van der Waals surface area contributed by atoms with Crippen molar-refractivity contribution in [2.75, 3.05) is 0 Å². The quantitative estimate of drug-likeness (QED) is 0.154. The molecule has 0 atom stereocenters. The molecule has 12 rings (SSSR count). The summed E-state index contributed by atoms with van der Waals surface area (Å²) in [6, 6.07) is 63.4. The van der Waals surface area contributed by atoms with Crippen LogP contribution in [0.4, 0.5) is 0 Å². The topological polar surface area (TPSA) is 0 Å². The van der Waals surface area contributed by atoms with Crippen molar-refractivity contribution in [2.24, 2.45) is 0 Å². The molecule has 300 valence electrons. The Morgan fingerprint density at radius 3 is 1.50 bits per heavy atom. The minimum absolute atomic E-state index is 0. The van der Waals surface area contributed by atoms with Crippen molar-refractivity contribution in [3.63, 3.8) is 0 Å². The fraction of sp³-hybridized carbons (Fsp3) is 0.0667. The van der Waals surface area contributed by atoms with Gasteiger partial charge in [-0.2, -0.15) is 23.8 Å². The van der Waals surface area contributed by atoms with Crippen LogP contribution in [0.15, 0.2) is 146 Å². The molecule has 0 amide bonds. The van der Waals surface area contributed by atoms with Gasteiger partial charge in [0.1, 0.15) is 0 Å². The van der Waals surface area contributed by atoms with Crippen molar-refractivity contribution < 1.29 is 131 Å². The second-order valence-corrected chi connectivity index (χ2v) is 15.3. The average molecular weight is 1120 g/mol. The number of hydrogen-bond acceptors (Lipinski definition) is 0. The Bertz CT molecular complexity index is 2870. The third kappa shape index (κ3) is 11.1. The Labute approximate surface area is 481 Å². The van der Waals surface area contributed by atoms with Crippen LogP contribution in [-0.2, 0) is 157 Å². The van der Waals surface area contributed by atoms with E-state index in [0.717, 1.165) is 47.9 Å². The first kappa shape index (κ1) is 52.1. The summed E-state index contributed by atoms with van der Waals surface area (Å²) in [5, 5.41) is 0. The van der Waals surface area contributed by atoms with E-state index < -0.39 is 0 Å². The van der Waals surface area contributed by atoms with Gasteiger partial charge in [-0.25, -0.2) is 42.5 Å². The Hall–Kier alpha value is -2.86. The number of fused-ring (bicyclic) bond motifs is 12. The molecule has 8 aromatic rings. The summed E-state index contributed by atoms with van der Waals surface area (Å²) in [5.41, 5.74) is 25.3. The fourth-order valence-corrected chi connectivity index (χ4v) is 8.79. The standard InChI is InChI=1S/4C15H10.4Y/c1-2-11-7-5-8-13-10-12-6-3-4-9-14(12)15(11)13;1-2-11-7-8-15-13(9-11)10-12-5-3-4-6-14(12)15;2*1-2-11-7-8-13-10-12-5-3-4-6-14(12)15(13)9-11;;;;/h3*1-6,8-9H,10H2;1-8H,10H2;;;;/q4*-2;;;;. The van der Waals surface area contributed by atoms with Crippen LogP contribution in [0.2, 0.25) is 0 Å². The molecular weight excluding hydrogens is 1080 g/mol. The van der Waals surface area contributed by atoms with E-state index in [9.17, 15) is 0 Å². The van der Waals surface area contributed by atoms with Crippen molar-refractivity contribution in [3.8, 4) is 44.5 Å². The van der Waals surface area contributed by atoms with E-state index in [0.29, 0.717) is 0 Å². The molecule has 4 aliphatic rings. The van der Waals surface area contributed by atoms with Crippen LogP contribution < -0.4 is 0 Å². The number of rotatable bonds is 4. The molecule has 4 aliphatic carbocycles. The summed E-state index contributed by atoms with van der Waals surface area (Å²) in [7, 11) is 0. The smallest absolute Gasteiger partial charge is 0 e. The number of hydrogen-bond donors (Lipinski definition) is 0. The first-order valence-corrected chi connectivity index (χ1v) is 20.3. The van der Waals surface area contributed by atoms with Crippen LogP contribution >= 0.6 is 0 Å². The molecule has 64 heavy (non-hydrogen) atoms. The maximum Gasteiger partial charge on any atom is 0 e. The summed E-state index contributed by atoms with van der Waals surface area (Å²) in [4.78, 5) is 0. The predicted molar refractivity (Wildman–Crippen MR) is 249 cm³/mol. The van der Waals surface area contributed by atoms with Gasteiger partial charge in [0.2, 0.25) is 0 Å². The van der Waals surface area contributed by atoms with E-state index in [1.807, 2.05) is 24.3 Å². The van der Waals surface area contributed by atoms with Crippen LogP contribution in [0.5, 0.6) is 0 Å². The predicted octanol–water partition coefficient (Wildman–Crippen LogP) is 14.0. The molecule has 0 spiro atoms. The van der Waals surface area contributed by atoms with E-state index in [1.54, 1.807) is 24.3 Å². The Balaban J connectivity index is 0.000000157. The molecule has 4 radical (unpaired) electrons. The molecule has 0 nitrogen and oxygen atoms in total. The van der Waals surface area contributed by atoms with Crippen LogP contribution in [0.1, 0.15) is 66.8 Å². The third-order valence-corrected chi connectivity index (χ3v) is 11.7. The van der Waals surface area contributed by atoms with Gasteiger partial charge in [-0.1, -0.05) is 125 Å². The van der Waals surface area contributed by atoms with Gasteiger partial charge in [0.15, 0.2) is 0 Å². The van der Waals surface area contributed by atoms with Crippen LogP contribution in [0, 0.1) is 50.6 Å². The third-order valence-electron chi connectivity index (χ3n) is 11.7. The molecule has 0 heterocycles. The van der Waals surface area contributed by atoms with Crippen molar-refractivity contribution in [1.82, 2.24) is 0 Å². The second kappa shape index (κ2) is 24.2. The maximum atomic E-state index is 5.62. The molecule has 0 saturated carbocycles. The van der Waals surface area contributed by atoms with Crippen molar-refractivity contribution in [3.05, 3.63) is 263 Å². The van der Waals surface area contributed by atoms with Gasteiger partial charge in [-0.15, -0.1) is 45.5 Å². The van der Waals surface area contributed by atoms with Crippen LogP contribution in [-0.4, -0.2) is 0 Å². The Kier molecular flexibility index (Phi) is 19.7. The fourth-order valence-electron chi connectivity index (χ4n) is 8.79. The van der Waals surface area contributed by atoms with E-state index in [-0.39, 0.29) is 131 Å². The molecule has 0 N–H and O–H groups in total. The molecule has 8 aromatic carbocycles. The first-order valence-electron chi connectivity index (χ1n) is 20.3. The van der Waals surface area contributed by atoms with Crippen molar-refractivity contribution in [2.45, 2.75) is 25.7 Å². The molecule has 0 aliphatic heterocycles. The monoisotopic (exact) mass is 1120 g/mol. The zero-order valence-corrected chi connectivity index (χ0v) is 47.0. The molecule has 0 unspecified atom stereocenters. The van der Waals surface area contributed by atoms with Gasteiger partial charge in [0.05, 0.1) is 0 Å². The van der Waals surface area contributed by atoms with Gasteiger partial charge in [-0.3, -0.25) is 17.2 Å². The SMILES string of the molecule is [CH-]=Cc1[c-]c2c(cc1)Cc1ccccc1-2.[CH-]=Cc1[c-]cc2c(c1)-c1ccccc1C2.[CH-]=Cc1[c-]cc2c(c1)Cc1ccccc1-2.[CH-]=Cc1[c-]ccc2c1-c1ccccc1C2.[Y].[Y].[Y].[Y]. The maximum absolute atomic E-state index is 5.62. The summed E-state index contributed by atoms with van der Waals surface area (Å²) in [6.45, 7) is 22.1. The molecule has 0 fully saturated rings. The summed E-state index contributed by atoms with van der Waals surface area (Å²) in [5.74, 6) is 0. The van der Waals surface area contributed by atoms with E-state index >= 15 is 0 Å². The van der Waals surface area contributed by atoms with Gasteiger partial charge < -0.3 is 55.7 Å². The average Bonchev–Trinajstić information content (AvgIpc) is 4.08. The molecular formula is C60H40Y4-8. The van der Waals surface area contributed by atoms with Crippen molar-refractivity contribution >= 4 is 24.3 Å². The van der Waals surface area contributed by atoms with E-state index in [4.69, 9.17) is 26.3 Å². The molecule has 0 bridgehead atoms. The van der Waals surface area contributed by atoms with Gasteiger partial charge in [0.25, 0.3) is 0 Å². The summed E-state index contributed by atoms with van der Waals surface area (Å²) < 4.78 is 0. The normalized spacial score (nSPS) is 11.2. The van der Waals surface area contributed by atoms with Gasteiger partial charge >= 0.3 is 0 Å². The summed E-state index contributed by atoms with van der Waals surface area (Å²) in [6.07, 6.45) is 10.5. The minimum atomic E-state index is 0. The Morgan fingerprint density at radius 2 is 0.859 bits per heavy atom. The van der Waals surface area contributed by atoms with Gasteiger partial charge in [-0.05, 0) is 47.9 Å². The zero-order valence-electron chi connectivity index (χ0n) is 35.6. The largest absolute Gasteiger partial charge is 0.344 e. The first-order chi connectivity index (χ1) is 29.5. The second-order valence-electron chi connectivity index (χ2n) is 15.3. The van der Waals surface area contributed by atoms with Gasteiger partial charge in [0, 0.05) is 131 Å². The number of benzene rings is 8. The molecule has 4 heteroatoms. The summed E-state index contributed by atoms with van der Waals surface area (Å²) >= 11 is 0. The van der Waals surface area contributed by atoms with E-state index in [2.05, 4.69) is 146 Å². The zero-order chi connectivity index (χ0) is 41.0. The minimum Gasteiger partial charge on any atom is -0.344 e. The Morgan fingerprint density at radius 1 is 0.359 bits per heavy atom. The van der Waals surface area contributed by atoms with E-state index in [1.165, 1.54) is 89.0 Å². The molecule has 0 saturated heterocycles. The van der Waals surface area contributed by atoms with Crippen molar-refractivity contribution in [1.29, 1.82) is 0 Å². The van der Waals surface area contributed by atoms with Crippen LogP contribution in [0.25, 0.3) is 68.8 Å².